The second-order valence-electron chi connectivity index (χ2n) is 9.30. The Labute approximate surface area is 198 Å². The van der Waals surface area contributed by atoms with Gasteiger partial charge in [-0.25, -0.2) is 19.3 Å². The first kappa shape index (κ1) is 21.3. The number of aryl methyl sites for hydroxylation is 1. The minimum atomic E-state index is -1.48. The van der Waals surface area contributed by atoms with Crippen LogP contribution in [0.5, 0.6) is 0 Å². The van der Waals surface area contributed by atoms with Gasteiger partial charge in [0.2, 0.25) is 0 Å². The number of nitrogen functional groups attached to an aromatic ring is 2. The minimum Gasteiger partial charge on any atom is -0.389 e. The first-order valence-electron chi connectivity index (χ1n) is 10.9. The Hall–Kier alpha value is -3.27. The van der Waals surface area contributed by atoms with Crippen LogP contribution in [0.1, 0.15) is 24.4 Å². The van der Waals surface area contributed by atoms with Crippen LogP contribution in [0.4, 0.5) is 16.0 Å². The maximum Gasteiger partial charge on any atom is 0.145 e. The van der Waals surface area contributed by atoms with Crippen LogP contribution < -0.4 is 11.5 Å². The summed E-state index contributed by atoms with van der Waals surface area (Å²) in [6, 6.07) is 6.02. The average Bonchev–Trinajstić information content (AvgIpc) is 3.41. The molecule has 0 spiro atoms. The Kier molecular flexibility index (Phi) is 4.30. The number of aliphatic hydroxyl groups excluding tert-OH is 1. The van der Waals surface area contributed by atoms with Gasteiger partial charge in [0.05, 0.1) is 28.1 Å². The lowest BCUT2D eigenvalue weighted by atomic mass is 9.58. The minimum absolute atomic E-state index is 0.138. The van der Waals surface area contributed by atoms with Crippen molar-refractivity contribution in [2.75, 3.05) is 11.5 Å². The highest BCUT2D eigenvalue weighted by Crippen LogP contribution is 2.70. The molecule has 4 atom stereocenters. The molecule has 3 aliphatic rings. The van der Waals surface area contributed by atoms with E-state index in [0.29, 0.717) is 58.2 Å². The molecule has 3 aromatic heterocycles. The summed E-state index contributed by atoms with van der Waals surface area (Å²) >= 11 is 5.98. The molecule has 0 amide bonds. The van der Waals surface area contributed by atoms with Gasteiger partial charge in [-0.05, 0) is 54.7 Å². The second kappa shape index (κ2) is 6.88. The molecule has 3 fully saturated rings. The SMILES string of the molecule is C=C1[C@]2(CCc3cc(F)c4cc(Cl)c(N)nc4c3)C[C@@H](n3ccc4c(N)ncnc43)[C@@]1(O)[C@@H]2O. The number of nitrogens with zero attached hydrogens (tertiary/aromatic N) is 4. The fourth-order valence-corrected chi connectivity index (χ4v) is 6.07. The van der Waals surface area contributed by atoms with Crippen LogP contribution in [-0.2, 0) is 6.42 Å². The van der Waals surface area contributed by atoms with Gasteiger partial charge >= 0.3 is 0 Å². The van der Waals surface area contributed by atoms with Gasteiger partial charge in [-0.1, -0.05) is 18.2 Å². The molecule has 10 heteroatoms. The maximum absolute atomic E-state index is 14.7. The van der Waals surface area contributed by atoms with E-state index in [2.05, 4.69) is 21.5 Å². The molecule has 3 heterocycles. The highest BCUT2D eigenvalue weighted by atomic mass is 35.5. The molecule has 7 rings (SSSR count). The highest BCUT2D eigenvalue weighted by Gasteiger charge is 2.75. The van der Waals surface area contributed by atoms with E-state index >= 15 is 0 Å². The number of fused-ring (bicyclic) bond motifs is 3. The maximum atomic E-state index is 14.7. The van der Waals surface area contributed by atoms with Gasteiger partial charge in [-0.15, -0.1) is 0 Å². The Morgan fingerprint density at radius 1 is 1.21 bits per heavy atom. The van der Waals surface area contributed by atoms with Gasteiger partial charge in [0.25, 0.3) is 0 Å². The molecule has 0 radical (unpaired) electrons. The predicted octanol–water partition coefficient (Wildman–Crippen LogP) is 3.16. The largest absolute Gasteiger partial charge is 0.389 e. The van der Waals surface area contributed by atoms with Gasteiger partial charge in [-0.3, -0.25) is 0 Å². The number of halogens is 2. The monoisotopic (exact) mass is 480 g/mol. The van der Waals surface area contributed by atoms with Crippen molar-refractivity contribution in [3.05, 3.63) is 65.3 Å². The van der Waals surface area contributed by atoms with Gasteiger partial charge in [0, 0.05) is 17.0 Å². The number of benzene rings is 1. The molecule has 8 nitrogen and oxygen atoms in total. The van der Waals surface area contributed by atoms with Crippen LogP contribution in [0, 0.1) is 11.2 Å². The summed E-state index contributed by atoms with van der Waals surface area (Å²) in [4.78, 5) is 12.5. The van der Waals surface area contributed by atoms with Crippen LogP contribution in [-0.4, -0.2) is 41.4 Å². The molecule has 0 saturated heterocycles. The fourth-order valence-electron chi connectivity index (χ4n) is 5.92. The number of anilines is 2. The summed E-state index contributed by atoms with van der Waals surface area (Å²) in [5, 5.41) is 23.7. The van der Waals surface area contributed by atoms with Crippen molar-refractivity contribution in [2.45, 2.75) is 37.0 Å². The summed E-state index contributed by atoms with van der Waals surface area (Å²) in [7, 11) is 0. The Morgan fingerprint density at radius 3 is 2.76 bits per heavy atom. The Bertz CT molecular complexity index is 1520. The van der Waals surface area contributed by atoms with E-state index in [9.17, 15) is 14.6 Å². The second-order valence-corrected chi connectivity index (χ2v) is 9.71. The highest BCUT2D eigenvalue weighted by molar-refractivity contribution is 6.33. The van der Waals surface area contributed by atoms with E-state index in [1.54, 1.807) is 18.3 Å². The van der Waals surface area contributed by atoms with Crippen LogP contribution in [0.2, 0.25) is 5.02 Å². The number of pyridine rings is 1. The van der Waals surface area contributed by atoms with E-state index in [1.807, 2.05) is 4.57 Å². The summed E-state index contributed by atoms with van der Waals surface area (Å²) in [6.45, 7) is 4.14. The van der Waals surface area contributed by atoms with Crippen LogP contribution in [0.25, 0.3) is 21.9 Å². The fraction of sp³-hybridized carbons (Fsp3) is 0.292. The molecule has 0 unspecified atom stereocenters. The number of hydrogen-bond donors (Lipinski definition) is 4. The number of hydrogen-bond acceptors (Lipinski definition) is 7. The van der Waals surface area contributed by atoms with Crippen molar-refractivity contribution in [3.63, 3.8) is 0 Å². The van der Waals surface area contributed by atoms with Crippen LogP contribution in [0.3, 0.4) is 0 Å². The van der Waals surface area contributed by atoms with Crippen molar-refractivity contribution in [1.82, 2.24) is 19.5 Å². The van der Waals surface area contributed by atoms with E-state index in [0.717, 1.165) is 0 Å². The average molecular weight is 481 g/mol. The molecule has 3 aliphatic carbocycles. The number of rotatable bonds is 4. The van der Waals surface area contributed by atoms with Crippen LogP contribution >= 0.6 is 11.6 Å². The quantitative estimate of drug-likeness (QED) is 0.329. The van der Waals surface area contributed by atoms with E-state index in [1.165, 1.54) is 18.5 Å². The molecule has 1 aromatic carbocycles. The molecule has 2 bridgehead atoms. The number of aliphatic hydroxyl groups is 2. The van der Waals surface area contributed by atoms with Crippen molar-refractivity contribution >= 4 is 45.2 Å². The smallest absolute Gasteiger partial charge is 0.145 e. The molecule has 34 heavy (non-hydrogen) atoms. The summed E-state index contributed by atoms with van der Waals surface area (Å²) in [5.41, 5.74) is 11.9. The van der Waals surface area contributed by atoms with Gasteiger partial charge in [-0.2, -0.15) is 0 Å². The first-order chi connectivity index (χ1) is 16.2. The van der Waals surface area contributed by atoms with E-state index in [-0.39, 0.29) is 10.8 Å². The molecule has 4 aromatic rings. The van der Waals surface area contributed by atoms with Gasteiger partial charge in [0.15, 0.2) is 0 Å². The first-order valence-corrected chi connectivity index (χ1v) is 11.3. The summed E-state index contributed by atoms with van der Waals surface area (Å²) < 4.78 is 16.6. The molecular formula is C24H22ClFN6O2. The Morgan fingerprint density at radius 2 is 2.00 bits per heavy atom. The molecule has 3 saturated carbocycles. The number of aromatic nitrogens is 4. The van der Waals surface area contributed by atoms with Crippen molar-refractivity contribution in [3.8, 4) is 0 Å². The standard InChI is InChI=1S/C24H22ClFN6O2/c1-11-23(4-2-12-6-16(26)14-8-15(25)20(28)31-17(14)7-12)9-18(24(11,34)22(23)33)32-5-3-13-19(27)29-10-30-21(13)32/h3,5-8,10,18,22,33-34H,1-2,4,9H2,(H2,28,31)(H2,27,29,30)/t18-,22-,23+,24-/m1/s1. The van der Waals surface area contributed by atoms with Crippen molar-refractivity contribution in [1.29, 1.82) is 0 Å². The normalized spacial score (nSPS) is 28.1. The lowest BCUT2D eigenvalue weighted by Crippen LogP contribution is -2.62. The molecule has 6 N–H and O–H groups in total. The molecule has 174 valence electrons. The molecular weight excluding hydrogens is 459 g/mol. The van der Waals surface area contributed by atoms with Crippen molar-refractivity contribution in [2.24, 2.45) is 5.41 Å². The van der Waals surface area contributed by atoms with E-state index in [4.69, 9.17) is 23.1 Å². The zero-order valence-corrected chi connectivity index (χ0v) is 18.8. The lowest BCUT2D eigenvalue weighted by Gasteiger charge is -2.52. The zero-order valence-electron chi connectivity index (χ0n) is 18.0. The van der Waals surface area contributed by atoms with Gasteiger partial charge in [0.1, 0.15) is 35.0 Å². The third-order valence-electron chi connectivity index (χ3n) is 7.75. The summed E-state index contributed by atoms with van der Waals surface area (Å²) in [5.74, 6) is 0.0486. The Balaban J connectivity index is 1.32. The predicted molar refractivity (Wildman–Crippen MR) is 128 cm³/mol. The lowest BCUT2D eigenvalue weighted by molar-refractivity contribution is -0.140. The van der Waals surface area contributed by atoms with E-state index < -0.39 is 29.0 Å². The zero-order chi connectivity index (χ0) is 24.0. The van der Waals surface area contributed by atoms with Crippen LogP contribution in [0.15, 0.2) is 48.9 Å². The third-order valence-corrected chi connectivity index (χ3v) is 8.05. The van der Waals surface area contributed by atoms with Crippen molar-refractivity contribution < 1.29 is 14.6 Å². The third kappa shape index (κ3) is 2.57. The van der Waals surface area contributed by atoms with Gasteiger partial charge < -0.3 is 26.2 Å². The topological polar surface area (TPSA) is 136 Å². The molecule has 0 aliphatic heterocycles. The summed E-state index contributed by atoms with van der Waals surface area (Å²) in [6.07, 6.45) is 3.57. The number of nitrogens with two attached hydrogens (primary N) is 2.